The predicted molar refractivity (Wildman–Crippen MR) is 95.1 cm³/mol. The van der Waals surface area contributed by atoms with E-state index in [2.05, 4.69) is 5.10 Å². The van der Waals surface area contributed by atoms with E-state index in [1.807, 2.05) is 30.3 Å². The lowest BCUT2D eigenvalue weighted by Crippen LogP contribution is -2.57. The molecule has 1 atom stereocenters. The molecule has 0 bridgehead atoms. The molecule has 1 aliphatic rings. The molecule has 0 saturated carbocycles. The molecule has 134 valence electrons. The number of carbonyl (C=O) groups is 1. The van der Waals surface area contributed by atoms with Crippen LogP contribution in [0.25, 0.3) is 0 Å². The Morgan fingerprint density at radius 1 is 1.24 bits per heavy atom. The number of sulfonamides is 1. The third kappa shape index (κ3) is 3.05. The molecule has 1 aliphatic heterocycles. The zero-order chi connectivity index (χ0) is 18.4. The molecule has 2 aromatic rings. The number of para-hydroxylation sites is 1. The van der Waals surface area contributed by atoms with E-state index in [1.54, 1.807) is 25.8 Å². The number of aromatic nitrogens is 2. The lowest BCUT2D eigenvalue weighted by atomic mass is 10.2. The maximum absolute atomic E-state index is 13.1. The van der Waals surface area contributed by atoms with Crippen molar-refractivity contribution in [1.82, 2.24) is 14.1 Å². The number of amides is 1. The number of anilines is 1. The molecular weight excluding hydrogens is 364 g/mol. The Kier molecular flexibility index (Phi) is 4.61. The summed E-state index contributed by atoms with van der Waals surface area (Å²) in [5.74, 6) is -0.273. The van der Waals surface area contributed by atoms with Gasteiger partial charge in [-0.05, 0) is 26.0 Å². The molecule has 1 aromatic carbocycles. The summed E-state index contributed by atoms with van der Waals surface area (Å²) in [4.78, 5) is 14.1. The van der Waals surface area contributed by atoms with Crippen LogP contribution in [-0.2, 0) is 21.9 Å². The third-order valence-electron chi connectivity index (χ3n) is 4.27. The number of aryl methyl sites for hydroxylation is 2. The van der Waals surface area contributed by atoms with E-state index in [9.17, 15) is 13.2 Å². The second-order valence-corrected chi connectivity index (χ2v) is 8.25. The van der Waals surface area contributed by atoms with Gasteiger partial charge in [-0.15, -0.1) is 0 Å². The molecule has 1 aromatic heterocycles. The number of nitrogens with zero attached hydrogens (tertiary/aromatic N) is 4. The number of halogens is 1. The fourth-order valence-electron chi connectivity index (χ4n) is 3.03. The number of piperazine rings is 1. The molecule has 0 spiro atoms. The smallest absolute Gasteiger partial charge is 0.248 e. The van der Waals surface area contributed by atoms with Crippen molar-refractivity contribution in [3.8, 4) is 0 Å². The van der Waals surface area contributed by atoms with Crippen molar-refractivity contribution in [3.63, 3.8) is 0 Å². The zero-order valence-electron chi connectivity index (χ0n) is 14.2. The van der Waals surface area contributed by atoms with Crippen LogP contribution in [0.5, 0.6) is 0 Å². The first-order valence-corrected chi connectivity index (χ1v) is 9.61. The first-order chi connectivity index (χ1) is 11.7. The minimum Gasteiger partial charge on any atom is -0.310 e. The monoisotopic (exact) mass is 382 g/mol. The Labute approximate surface area is 151 Å². The second kappa shape index (κ2) is 6.44. The van der Waals surface area contributed by atoms with Crippen molar-refractivity contribution in [2.45, 2.75) is 24.8 Å². The van der Waals surface area contributed by atoms with Gasteiger partial charge in [0.05, 0.1) is 12.2 Å². The average Bonchev–Trinajstić information content (AvgIpc) is 2.83. The number of carbonyl (C=O) groups excluding carboxylic acids is 1. The minimum atomic E-state index is -3.92. The van der Waals surface area contributed by atoms with Gasteiger partial charge in [0.2, 0.25) is 15.9 Å². The molecule has 1 amide bonds. The molecule has 9 heteroatoms. The van der Waals surface area contributed by atoms with Crippen LogP contribution in [0.3, 0.4) is 0 Å². The van der Waals surface area contributed by atoms with Gasteiger partial charge in [0.25, 0.3) is 0 Å². The maximum atomic E-state index is 13.1. The maximum Gasteiger partial charge on any atom is 0.248 e. The molecule has 25 heavy (non-hydrogen) atoms. The van der Waals surface area contributed by atoms with Gasteiger partial charge in [-0.25, -0.2) is 8.42 Å². The lowest BCUT2D eigenvalue weighted by Gasteiger charge is -2.38. The summed E-state index contributed by atoms with van der Waals surface area (Å²) < 4.78 is 28.6. The summed E-state index contributed by atoms with van der Waals surface area (Å²) in [7, 11) is -2.34. The van der Waals surface area contributed by atoms with Crippen molar-refractivity contribution < 1.29 is 13.2 Å². The highest BCUT2D eigenvalue weighted by atomic mass is 35.5. The van der Waals surface area contributed by atoms with E-state index >= 15 is 0 Å². The molecular formula is C16H19ClN4O3S. The number of rotatable bonds is 3. The van der Waals surface area contributed by atoms with Crippen LogP contribution in [0, 0.1) is 6.92 Å². The Balaban J connectivity index is 1.93. The standard InChI is InChI=1S/C16H19ClN4O3S/c1-11-9-20(13-7-5-4-6-8-13)14(22)10-21(11)25(23,24)15-12(2)18-19(3)16(15)17/h4-8,11H,9-10H2,1-3H3/t11-/m0/s1. The Hall–Kier alpha value is -1.90. The lowest BCUT2D eigenvalue weighted by molar-refractivity contribution is -0.120. The van der Waals surface area contributed by atoms with Gasteiger partial charge in [0.15, 0.2) is 0 Å². The Bertz CT molecular complexity index is 911. The first-order valence-electron chi connectivity index (χ1n) is 7.80. The van der Waals surface area contributed by atoms with E-state index in [1.165, 1.54) is 8.99 Å². The van der Waals surface area contributed by atoms with Crippen molar-refractivity contribution >= 4 is 33.2 Å². The van der Waals surface area contributed by atoms with E-state index in [4.69, 9.17) is 11.6 Å². The van der Waals surface area contributed by atoms with Crippen molar-refractivity contribution in [2.75, 3.05) is 18.0 Å². The molecule has 7 nitrogen and oxygen atoms in total. The van der Waals surface area contributed by atoms with E-state index < -0.39 is 16.1 Å². The van der Waals surface area contributed by atoms with Crippen molar-refractivity contribution in [1.29, 1.82) is 0 Å². The molecule has 0 unspecified atom stereocenters. The Morgan fingerprint density at radius 2 is 1.88 bits per heavy atom. The summed E-state index contributed by atoms with van der Waals surface area (Å²) in [6, 6.07) is 8.82. The molecule has 2 heterocycles. The van der Waals surface area contributed by atoms with Gasteiger partial charge in [-0.3, -0.25) is 9.48 Å². The second-order valence-electron chi connectivity index (χ2n) is 6.07. The number of hydrogen-bond acceptors (Lipinski definition) is 4. The van der Waals surface area contributed by atoms with Gasteiger partial charge in [-0.1, -0.05) is 29.8 Å². The molecule has 1 fully saturated rings. The van der Waals surface area contributed by atoms with Crippen molar-refractivity contribution in [3.05, 3.63) is 41.2 Å². The van der Waals surface area contributed by atoms with Crippen LogP contribution in [-0.4, -0.2) is 47.5 Å². The van der Waals surface area contributed by atoms with Crippen LogP contribution in [0.4, 0.5) is 5.69 Å². The summed E-state index contributed by atoms with van der Waals surface area (Å²) in [5, 5.41) is 4.11. The third-order valence-corrected chi connectivity index (χ3v) is 6.92. The van der Waals surface area contributed by atoms with Gasteiger partial charge in [0.1, 0.15) is 10.0 Å². The zero-order valence-corrected chi connectivity index (χ0v) is 15.8. The number of benzene rings is 1. The van der Waals surface area contributed by atoms with Crippen molar-refractivity contribution in [2.24, 2.45) is 7.05 Å². The van der Waals surface area contributed by atoms with E-state index in [0.717, 1.165) is 5.69 Å². The highest BCUT2D eigenvalue weighted by Gasteiger charge is 2.40. The van der Waals surface area contributed by atoms with E-state index in [-0.39, 0.29) is 29.0 Å². The summed E-state index contributed by atoms with van der Waals surface area (Å²) in [5.41, 5.74) is 1.07. The molecule has 0 aliphatic carbocycles. The fourth-order valence-corrected chi connectivity index (χ4v) is 5.31. The summed E-state index contributed by atoms with van der Waals surface area (Å²) >= 11 is 6.13. The van der Waals surface area contributed by atoms with Crippen LogP contribution in [0.1, 0.15) is 12.6 Å². The highest BCUT2D eigenvalue weighted by Crippen LogP contribution is 2.30. The van der Waals surface area contributed by atoms with Gasteiger partial charge in [-0.2, -0.15) is 9.40 Å². The average molecular weight is 383 g/mol. The normalized spacial score (nSPS) is 19.4. The first kappa shape index (κ1) is 17.9. The minimum absolute atomic E-state index is 0.0375. The largest absolute Gasteiger partial charge is 0.310 e. The fraction of sp³-hybridized carbons (Fsp3) is 0.375. The predicted octanol–water partition coefficient (Wildman–Crippen LogP) is 1.81. The highest BCUT2D eigenvalue weighted by molar-refractivity contribution is 7.89. The topological polar surface area (TPSA) is 75.5 Å². The van der Waals surface area contributed by atoms with Gasteiger partial charge in [0, 0.05) is 25.3 Å². The quantitative estimate of drug-likeness (QED) is 0.811. The summed E-state index contributed by atoms with van der Waals surface area (Å²) in [6.07, 6.45) is 0. The van der Waals surface area contributed by atoms with E-state index in [0.29, 0.717) is 5.69 Å². The van der Waals surface area contributed by atoms with Crippen LogP contribution < -0.4 is 4.90 Å². The van der Waals surface area contributed by atoms with Crippen LogP contribution in [0.15, 0.2) is 35.2 Å². The molecule has 0 radical (unpaired) electrons. The number of hydrogen-bond donors (Lipinski definition) is 0. The van der Waals surface area contributed by atoms with Gasteiger partial charge >= 0.3 is 0 Å². The molecule has 0 N–H and O–H groups in total. The molecule has 3 rings (SSSR count). The van der Waals surface area contributed by atoms with Crippen LogP contribution in [0.2, 0.25) is 5.15 Å². The SMILES string of the molecule is Cc1nn(C)c(Cl)c1S(=O)(=O)N1CC(=O)N(c2ccccc2)C[C@@H]1C. The van der Waals surface area contributed by atoms with Crippen LogP contribution >= 0.6 is 11.6 Å². The summed E-state index contributed by atoms with van der Waals surface area (Å²) in [6.45, 7) is 3.41. The van der Waals surface area contributed by atoms with Gasteiger partial charge < -0.3 is 4.90 Å². The Morgan fingerprint density at radius 3 is 2.44 bits per heavy atom. The molecule has 1 saturated heterocycles.